The van der Waals surface area contributed by atoms with Crippen molar-refractivity contribution in [1.29, 1.82) is 0 Å². The molecule has 0 fully saturated rings. The molecule has 0 aromatic heterocycles. The number of rotatable bonds is 5. The Hall–Kier alpha value is -1.53. The van der Waals surface area contributed by atoms with E-state index in [0.717, 1.165) is 0 Å². The van der Waals surface area contributed by atoms with Crippen molar-refractivity contribution in [2.24, 2.45) is 5.92 Å². The van der Waals surface area contributed by atoms with Gasteiger partial charge in [-0.25, -0.2) is 0 Å². The predicted molar refractivity (Wildman–Crippen MR) is 64.4 cm³/mol. The summed E-state index contributed by atoms with van der Waals surface area (Å²) in [6.07, 6.45) is 0. The second kappa shape index (κ2) is 6.27. The van der Waals surface area contributed by atoms with Gasteiger partial charge in [0.25, 0.3) is 5.91 Å². The standard InChI is InChI=1S/C11H16BNO4/c1-8(2)7-13-11(14)9-3-5-10(6-4-9)17-12(15)16/h3-6,8,15-16H,7H2,1-2H3,(H,13,14). The zero-order chi connectivity index (χ0) is 12.8. The maximum absolute atomic E-state index is 11.6. The Kier molecular flexibility index (Phi) is 4.99. The van der Waals surface area contributed by atoms with Crippen molar-refractivity contribution in [3.63, 3.8) is 0 Å². The van der Waals surface area contributed by atoms with Gasteiger partial charge in [-0.3, -0.25) is 4.79 Å². The Morgan fingerprint density at radius 2 is 1.94 bits per heavy atom. The first-order valence-corrected chi connectivity index (χ1v) is 5.40. The number of carbonyl (C=O) groups is 1. The Morgan fingerprint density at radius 3 is 2.41 bits per heavy atom. The molecule has 0 aliphatic rings. The zero-order valence-corrected chi connectivity index (χ0v) is 9.88. The number of benzene rings is 1. The summed E-state index contributed by atoms with van der Waals surface area (Å²) in [6, 6.07) is 6.13. The molecule has 0 atom stereocenters. The van der Waals surface area contributed by atoms with E-state index in [4.69, 9.17) is 10.0 Å². The van der Waals surface area contributed by atoms with Crippen LogP contribution in [0.3, 0.4) is 0 Å². The molecule has 0 unspecified atom stereocenters. The first-order chi connectivity index (χ1) is 7.99. The minimum Gasteiger partial charge on any atom is -0.512 e. The third-order valence-corrected chi connectivity index (χ3v) is 2.03. The van der Waals surface area contributed by atoms with Gasteiger partial charge in [0.1, 0.15) is 5.75 Å². The summed E-state index contributed by atoms with van der Waals surface area (Å²) in [6.45, 7) is 4.64. The summed E-state index contributed by atoms with van der Waals surface area (Å²) >= 11 is 0. The molecule has 0 saturated heterocycles. The minimum atomic E-state index is -1.85. The second-order valence-electron chi connectivity index (χ2n) is 4.07. The molecule has 6 heteroatoms. The quantitative estimate of drug-likeness (QED) is 0.648. The van der Waals surface area contributed by atoms with Gasteiger partial charge in [0.05, 0.1) is 0 Å². The summed E-state index contributed by atoms with van der Waals surface area (Å²) in [5.41, 5.74) is 0.505. The van der Waals surface area contributed by atoms with Crippen molar-refractivity contribution in [2.45, 2.75) is 13.8 Å². The van der Waals surface area contributed by atoms with Gasteiger partial charge in [-0.1, -0.05) is 13.8 Å². The summed E-state index contributed by atoms with van der Waals surface area (Å²) in [4.78, 5) is 11.6. The normalized spacial score (nSPS) is 10.2. The lowest BCUT2D eigenvalue weighted by Crippen LogP contribution is -2.27. The van der Waals surface area contributed by atoms with Crippen molar-refractivity contribution >= 4 is 13.2 Å². The van der Waals surface area contributed by atoms with E-state index < -0.39 is 7.32 Å². The molecule has 3 N–H and O–H groups in total. The van der Waals surface area contributed by atoms with E-state index in [1.54, 1.807) is 12.1 Å². The Morgan fingerprint density at radius 1 is 1.35 bits per heavy atom. The van der Waals surface area contributed by atoms with E-state index in [9.17, 15) is 4.79 Å². The average Bonchev–Trinajstić information content (AvgIpc) is 2.26. The lowest BCUT2D eigenvalue weighted by molar-refractivity contribution is 0.0949. The van der Waals surface area contributed by atoms with Crippen LogP contribution in [0.15, 0.2) is 24.3 Å². The molecule has 0 aliphatic carbocycles. The third-order valence-electron chi connectivity index (χ3n) is 2.03. The molecule has 1 aromatic carbocycles. The molecule has 0 spiro atoms. The van der Waals surface area contributed by atoms with Gasteiger partial charge < -0.3 is 20.0 Å². The van der Waals surface area contributed by atoms with Crippen molar-refractivity contribution in [1.82, 2.24) is 5.32 Å². The molecule has 0 aliphatic heterocycles. The summed E-state index contributed by atoms with van der Waals surface area (Å²) in [5, 5.41) is 19.9. The van der Waals surface area contributed by atoms with Crippen molar-refractivity contribution in [3.05, 3.63) is 29.8 Å². The van der Waals surface area contributed by atoms with E-state index in [0.29, 0.717) is 23.8 Å². The van der Waals surface area contributed by atoms with E-state index >= 15 is 0 Å². The largest absolute Gasteiger partial charge is 0.707 e. The molecule has 92 valence electrons. The summed E-state index contributed by atoms with van der Waals surface area (Å²) < 4.78 is 4.63. The van der Waals surface area contributed by atoms with Crippen LogP contribution in [0, 0.1) is 5.92 Å². The Balaban J connectivity index is 2.57. The van der Waals surface area contributed by atoms with Crippen LogP contribution in [0.25, 0.3) is 0 Å². The molecular formula is C11H16BNO4. The number of nitrogens with one attached hydrogen (secondary N) is 1. The van der Waals surface area contributed by atoms with Crippen LogP contribution in [0.5, 0.6) is 5.75 Å². The Bertz CT molecular complexity index is 364. The summed E-state index contributed by atoms with van der Waals surface area (Å²) in [5.74, 6) is 0.529. The molecule has 1 amide bonds. The van der Waals surface area contributed by atoms with Crippen LogP contribution in [0.1, 0.15) is 24.2 Å². The SMILES string of the molecule is CC(C)CNC(=O)c1ccc(OB(O)O)cc1. The highest BCUT2D eigenvalue weighted by molar-refractivity contribution is 6.33. The van der Waals surface area contributed by atoms with Crippen molar-refractivity contribution in [3.8, 4) is 5.75 Å². The zero-order valence-electron chi connectivity index (χ0n) is 9.88. The summed E-state index contributed by atoms with van der Waals surface area (Å²) in [7, 11) is -1.85. The monoisotopic (exact) mass is 237 g/mol. The fourth-order valence-corrected chi connectivity index (χ4v) is 1.21. The van der Waals surface area contributed by atoms with Crippen LogP contribution in [0.2, 0.25) is 0 Å². The van der Waals surface area contributed by atoms with Crippen LogP contribution in [0.4, 0.5) is 0 Å². The lowest BCUT2D eigenvalue weighted by Gasteiger charge is -2.08. The maximum Gasteiger partial charge on any atom is 0.707 e. The lowest BCUT2D eigenvalue weighted by atomic mass is 10.1. The first kappa shape index (κ1) is 13.5. The molecule has 1 rings (SSSR count). The van der Waals surface area contributed by atoms with E-state index in [1.165, 1.54) is 12.1 Å². The molecule has 1 aromatic rings. The molecule has 0 bridgehead atoms. The van der Waals surface area contributed by atoms with Gasteiger partial charge in [0.15, 0.2) is 0 Å². The number of amides is 1. The number of hydrogen-bond acceptors (Lipinski definition) is 4. The number of hydrogen-bond donors (Lipinski definition) is 3. The maximum atomic E-state index is 11.6. The second-order valence-corrected chi connectivity index (χ2v) is 4.07. The van der Waals surface area contributed by atoms with Crippen LogP contribution in [-0.2, 0) is 0 Å². The van der Waals surface area contributed by atoms with E-state index in [1.807, 2.05) is 13.8 Å². The molecule has 0 heterocycles. The highest BCUT2D eigenvalue weighted by Gasteiger charge is 2.11. The smallest absolute Gasteiger partial charge is 0.512 e. The van der Waals surface area contributed by atoms with Gasteiger partial charge in [-0.05, 0) is 30.2 Å². The average molecular weight is 237 g/mol. The topological polar surface area (TPSA) is 78.8 Å². The van der Waals surface area contributed by atoms with E-state index in [-0.39, 0.29) is 5.91 Å². The molecule has 0 saturated carbocycles. The molecule has 0 radical (unpaired) electrons. The predicted octanol–water partition coefficient (Wildman–Crippen LogP) is 0.421. The van der Waals surface area contributed by atoms with Crippen LogP contribution in [-0.4, -0.2) is 29.8 Å². The fourth-order valence-electron chi connectivity index (χ4n) is 1.21. The molecular weight excluding hydrogens is 221 g/mol. The van der Waals surface area contributed by atoms with Crippen molar-refractivity contribution in [2.75, 3.05) is 6.54 Å². The van der Waals surface area contributed by atoms with Gasteiger partial charge in [0, 0.05) is 12.1 Å². The van der Waals surface area contributed by atoms with Gasteiger partial charge in [-0.15, -0.1) is 0 Å². The van der Waals surface area contributed by atoms with Crippen LogP contribution < -0.4 is 9.97 Å². The number of carbonyl (C=O) groups excluding carboxylic acids is 1. The van der Waals surface area contributed by atoms with Gasteiger partial charge in [-0.2, -0.15) is 0 Å². The van der Waals surface area contributed by atoms with E-state index in [2.05, 4.69) is 9.97 Å². The fraction of sp³-hybridized carbons (Fsp3) is 0.364. The first-order valence-electron chi connectivity index (χ1n) is 5.40. The highest BCUT2D eigenvalue weighted by Crippen LogP contribution is 2.12. The third kappa shape index (κ3) is 4.88. The Labute approximate surface area is 101 Å². The van der Waals surface area contributed by atoms with Gasteiger partial charge >= 0.3 is 7.32 Å². The van der Waals surface area contributed by atoms with Crippen molar-refractivity contribution < 1.29 is 19.5 Å². The van der Waals surface area contributed by atoms with Crippen LogP contribution >= 0.6 is 0 Å². The molecule has 17 heavy (non-hydrogen) atoms. The molecule has 5 nitrogen and oxygen atoms in total. The minimum absolute atomic E-state index is 0.158. The van der Waals surface area contributed by atoms with Gasteiger partial charge in [0.2, 0.25) is 0 Å². The highest BCUT2D eigenvalue weighted by atomic mass is 16.6.